The van der Waals surface area contributed by atoms with Crippen LogP contribution in [0.1, 0.15) is 13.8 Å². The van der Waals surface area contributed by atoms with Gasteiger partial charge in [0.25, 0.3) is 0 Å². The standard InChI is InChI=1S/C7H9Cl2NO2/c1-3-4-6(11)12-10-5(2)7(8)9/h3-4,7H,1-2H3/b4-3+,10-5+. The van der Waals surface area contributed by atoms with Crippen LogP contribution < -0.4 is 0 Å². The Morgan fingerprint density at radius 2 is 2.17 bits per heavy atom. The van der Waals surface area contributed by atoms with Crippen molar-refractivity contribution in [3.63, 3.8) is 0 Å². The van der Waals surface area contributed by atoms with Crippen molar-refractivity contribution in [2.24, 2.45) is 5.16 Å². The average molecular weight is 210 g/mol. The molecule has 3 nitrogen and oxygen atoms in total. The minimum atomic E-state index is -0.747. The summed E-state index contributed by atoms with van der Waals surface area (Å²) in [5.74, 6) is -0.550. The molecule has 0 spiro atoms. The quantitative estimate of drug-likeness (QED) is 0.235. The Hall–Kier alpha value is -0.540. The zero-order valence-electron chi connectivity index (χ0n) is 6.75. The fourth-order valence-corrected chi connectivity index (χ4v) is 0.403. The molecule has 0 aliphatic rings. The van der Waals surface area contributed by atoms with Gasteiger partial charge in [-0.3, -0.25) is 0 Å². The lowest BCUT2D eigenvalue weighted by molar-refractivity contribution is -0.137. The first-order valence-electron chi connectivity index (χ1n) is 3.24. The molecule has 0 amide bonds. The minimum Gasteiger partial charge on any atom is -0.313 e. The molecule has 12 heavy (non-hydrogen) atoms. The number of hydrogen-bond acceptors (Lipinski definition) is 3. The lowest BCUT2D eigenvalue weighted by Crippen LogP contribution is -2.05. The molecular formula is C7H9Cl2NO2. The molecule has 0 aliphatic carbocycles. The molecule has 0 heterocycles. The van der Waals surface area contributed by atoms with Gasteiger partial charge in [-0.05, 0) is 13.8 Å². The molecule has 0 aromatic rings. The maximum atomic E-state index is 10.7. The lowest BCUT2D eigenvalue weighted by atomic mass is 10.5. The summed E-state index contributed by atoms with van der Waals surface area (Å²) in [5, 5.41) is 3.39. The van der Waals surface area contributed by atoms with Gasteiger partial charge in [0, 0.05) is 6.08 Å². The Kier molecular flexibility index (Phi) is 5.76. The first kappa shape index (κ1) is 11.5. The summed E-state index contributed by atoms with van der Waals surface area (Å²) in [6.07, 6.45) is 2.79. The van der Waals surface area contributed by atoms with Gasteiger partial charge in [-0.1, -0.05) is 34.4 Å². The molecule has 0 saturated carbocycles. The molecule has 0 radical (unpaired) electrons. The number of allylic oxidation sites excluding steroid dienone is 1. The first-order chi connectivity index (χ1) is 5.57. The second-order valence-electron chi connectivity index (χ2n) is 1.94. The van der Waals surface area contributed by atoms with E-state index < -0.39 is 10.8 Å². The molecule has 0 aromatic carbocycles. The third-order valence-corrected chi connectivity index (χ3v) is 1.53. The van der Waals surface area contributed by atoms with E-state index in [1.165, 1.54) is 6.08 Å². The van der Waals surface area contributed by atoms with Gasteiger partial charge in [0.1, 0.15) is 4.84 Å². The van der Waals surface area contributed by atoms with E-state index in [2.05, 4.69) is 9.99 Å². The molecule has 0 atom stereocenters. The zero-order chi connectivity index (χ0) is 9.56. The third kappa shape index (κ3) is 5.16. The first-order valence-corrected chi connectivity index (χ1v) is 4.11. The molecule has 0 N–H and O–H groups in total. The second kappa shape index (κ2) is 6.03. The molecule has 68 valence electrons. The van der Waals surface area contributed by atoms with Crippen molar-refractivity contribution in [3.8, 4) is 0 Å². The van der Waals surface area contributed by atoms with Crippen molar-refractivity contribution in [2.45, 2.75) is 18.7 Å². The van der Waals surface area contributed by atoms with Gasteiger partial charge >= 0.3 is 5.97 Å². The minimum absolute atomic E-state index is 0.344. The number of carbonyl (C=O) groups is 1. The van der Waals surface area contributed by atoms with Crippen molar-refractivity contribution < 1.29 is 9.63 Å². The van der Waals surface area contributed by atoms with Gasteiger partial charge in [0.15, 0.2) is 0 Å². The zero-order valence-corrected chi connectivity index (χ0v) is 8.26. The Balaban J connectivity index is 3.96. The van der Waals surface area contributed by atoms with E-state index in [0.29, 0.717) is 5.71 Å². The summed E-state index contributed by atoms with van der Waals surface area (Å²) in [5.41, 5.74) is 0.344. The van der Waals surface area contributed by atoms with Gasteiger partial charge in [0.2, 0.25) is 0 Å². The predicted molar refractivity (Wildman–Crippen MR) is 49.5 cm³/mol. The Morgan fingerprint density at radius 1 is 1.58 bits per heavy atom. The second-order valence-corrected chi connectivity index (χ2v) is 3.04. The van der Waals surface area contributed by atoms with E-state index in [1.807, 2.05) is 0 Å². The van der Waals surface area contributed by atoms with E-state index in [4.69, 9.17) is 23.2 Å². The van der Waals surface area contributed by atoms with Crippen molar-refractivity contribution in [1.82, 2.24) is 0 Å². The van der Waals surface area contributed by atoms with E-state index in [-0.39, 0.29) is 0 Å². The van der Waals surface area contributed by atoms with Crippen molar-refractivity contribution in [1.29, 1.82) is 0 Å². The molecule has 5 heteroatoms. The summed E-state index contributed by atoms with van der Waals surface area (Å²) < 4.78 is 0. The van der Waals surface area contributed by atoms with Crippen LogP contribution in [0.25, 0.3) is 0 Å². The number of rotatable bonds is 3. The van der Waals surface area contributed by atoms with Crippen LogP contribution in [-0.4, -0.2) is 16.5 Å². The highest BCUT2D eigenvalue weighted by atomic mass is 35.5. The Morgan fingerprint density at radius 3 is 2.58 bits per heavy atom. The number of halogens is 2. The van der Waals surface area contributed by atoms with Crippen LogP contribution in [-0.2, 0) is 9.63 Å². The number of carbonyl (C=O) groups excluding carboxylic acids is 1. The molecule has 0 aliphatic heterocycles. The molecule has 0 unspecified atom stereocenters. The number of nitrogens with zero attached hydrogens (tertiary/aromatic N) is 1. The van der Waals surface area contributed by atoms with Crippen LogP contribution in [0.3, 0.4) is 0 Å². The van der Waals surface area contributed by atoms with Crippen molar-refractivity contribution >= 4 is 34.9 Å². The largest absolute Gasteiger partial charge is 0.358 e. The summed E-state index contributed by atoms with van der Waals surface area (Å²) >= 11 is 10.8. The molecule has 0 aromatic heterocycles. The fraction of sp³-hybridized carbons (Fsp3) is 0.429. The normalized spacial score (nSPS) is 12.6. The number of hydrogen-bond donors (Lipinski definition) is 0. The summed E-state index contributed by atoms with van der Waals surface area (Å²) in [6, 6.07) is 0. The van der Waals surface area contributed by atoms with Gasteiger partial charge in [-0.25, -0.2) is 4.79 Å². The molecular weight excluding hydrogens is 201 g/mol. The van der Waals surface area contributed by atoms with Crippen LogP contribution in [0.4, 0.5) is 0 Å². The molecule has 0 saturated heterocycles. The lowest BCUT2D eigenvalue weighted by Gasteiger charge is -1.97. The summed E-state index contributed by atoms with van der Waals surface area (Å²) in [7, 11) is 0. The molecule has 0 rings (SSSR count). The average Bonchev–Trinajstić information content (AvgIpc) is 2.00. The van der Waals surface area contributed by atoms with Gasteiger partial charge < -0.3 is 4.84 Å². The van der Waals surface area contributed by atoms with Crippen molar-refractivity contribution in [3.05, 3.63) is 12.2 Å². The third-order valence-electron chi connectivity index (χ3n) is 0.898. The Labute approximate surface area is 81.0 Å². The maximum absolute atomic E-state index is 10.7. The predicted octanol–water partition coefficient (Wildman–Crippen LogP) is 2.29. The Bertz CT molecular complexity index is 211. The van der Waals surface area contributed by atoms with Gasteiger partial charge in [-0.15, -0.1) is 0 Å². The summed E-state index contributed by atoms with van der Waals surface area (Å²) in [6.45, 7) is 3.26. The summed E-state index contributed by atoms with van der Waals surface area (Å²) in [4.78, 5) is 14.3. The monoisotopic (exact) mass is 209 g/mol. The van der Waals surface area contributed by atoms with Crippen LogP contribution >= 0.6 is 23.2 Å². The van der Waals surface area contributed by atoms with Crippen LogP contribution in [0.2, 0.25) is 0 Å². The highest BCUT2D eigenvalue weighted by Gasteiger charge is 2.04. The van der Waals surface area contributed by atoms with E-state index in [1.54, 1.807) is 19.9 Å². The molecule has 0 bridgehead atoms. The van der Waals surface area contributed by atoms with Gasteiger partial charge in [-0.2, -0.15) is 0 Å². The van der Waals surface area contributed by atoms with E-state index >= 15 is 0 Å². The molecule has 0 fully saturated rings. The SMILES string of the molecule is C/C=C/C(=O)O/N=C(\C)C(Cl)Cl. The van der Waals surface area contributed by atoms with E-state index in [9.17, 15) is 4.79 Å². The maximum Gasteiger partial charge on any atom is 0.358 e. The van der Waals surface area contributed by atoms with Crippen LogP contribution in [0.5, 0.6) is 0 Å². The fourth-order valence-electron chi connectivity index (χ4n) is 0.323. The van der Waals surface area contributed by atoms with Crippen LogP contribution in [0, 0.1) is 0 Å². The number of oxime groups is 1. The van der Waals surface area contributed by atoms with Gasteiger partial charge in [0.05, 0.1) is 5.71 Å². The van der Waals surface area contributed by atoms with Crippen molar-refractivity contribution in [2.75, 3.05) is 0 Å². The number of alkyl halides is 2. The van der Waals surface area contributed by atoms with Crippen LogP contribution in [0.15, 0.2) is 17.3 Å². The topological polar surface area (TPSA) is 38.7 Å². The highest BCUT2D eigenvalue weighted by molar-refractivity contribution is 6.54. The highest BCUT2D eigenvalue weighted by Crippen LogP contribution is 2.04. The van der Waals surface area contributed by atoms with E-state index in [0.717, 1.165) is 0 Å². The smallest absolute Gasteiger partial charge is 0.313 e.